The van der Waals surface area contributed by atoms with E-state index in [0.717, 1.165) is 5.56 Å². The van der Waals surface area contributed by atoms with E-state index in [2.05, 4.69) is 33.9 Å². The largest absolute Gasteiger partial charge is 0.493 e. The highest BCUT2D eigenvalue weighted by molar-refractivity contribution is 6.74. The molecule has 0 N–H and O–H groups in total. The minimum Gasteiger partial charge on any atom is -0.493 e. The van der Waals surface area contributed by atoms with Gasteiger partial charge < -0.3 is 18.6 Å². The Bertz CT molecular complexity index is 579. The molecule has 1 fully saturated rings. The predicted octanol–water partition coefficient (Wildman–Crippen LogP) is 4.40. The third kappa shape index (κ3) is 3.59. The lowest BCUT2D eigenvalue weighted by molar-refractivity contribution is -0.274. The first-order chi connectivity index (χ1) is 11.3. The van der Waals surface area contributed by atoms with Gasteiger partial charge in [-0.15, -0.1) is 0 Å². The molecule has 1 aromatic rings. The van der Waals surface area contributed by atoms with Crippen LogP contribution in [0.15, 0.2) is 42.7 Å². The van der Waals surface area contributed by atoms with Gasteiger partial charge in [0.1, 0.15) is 6.10 Å². The molecular formula is C19H28O4Si. The zero-order valence-electron chi connectivity index (χ0n) is 15.2. The Morgan fingerprint density at radius 3 is 2.50 bits per heavy atom. The van der Waals surface area contributed by atoms with E-state index < -0.39 is 8.32 Å². The van der Waals surface area contributed by atoms with E-state index in [9.17, 15) is 0 Å². The van der Waals surface area contributed by atoms with Crippen LogP contribution in [0.2, 0.25) is 18.1 Å². The van der Waals surface area contributed by atoms with Crippen LogP contribution in [0.1, 0.15) is 32.6 Å². The fourth-order valence-corrected chi connectivity index (χ4v) is 3.94. The van der Waals surface area contributed by atoms with E-state index in [0.29, 0.717) is 6.61 Å². The van der Waals surface area contributed by atoms with Crippen LogP contribution in [0, 0.1) is 0 Å². The van der Waals surface area contributed by atoms with Crippen molar-refractivity contribution in [3.63, 3.8) is 0 Å². The van der Waals surface area contributed by atoms with E-state index in [1.54, 1.807) is 6.26 Å². The SMILES string of the molecule is CC(C)(C)[Si](C)(C)O[C@@H]1C=CO[C@@H]2COC(c3ccccc3)O[C@@H]12. The van der Waals surface area contributed by atoms with Crippen molar-refractivity contribution in [2.45, 2.75) is 63.5 Å². The maximum Gasteiger partial charge on any atom is 0.193 e. The van der Waals surface area contributed by atoms with E-state index in [4.69, 9.17) is 18.6 Å². The molecule has 1 saturated heterocycles. The van der Waals surface area contributed by atoms with E-state index in [1.807, 2.05) is 36.4 Å². The molecule has 0 saturated carbocycles. The minimum atomic E-state index is -1.90. The number of hydrogen-bond donors (Lipinski definition) is 0. The van der Waals surface area contributed by atoms with Crippen LogP contribution in [0.25, 0.3) is 0 Å². The monoisotopic (exact) mass is 348 g/mol. The third-order valence-corrected chi connectivity index (χ3v) is 9.69. The van der Waals surface area contributed by atoms with Crippen LogP contribution in [-0.4, -0.2) is 33.2 Å². The molecule has 0 aromatic heterocycles. The average Bonchev–Trinajstić information content (AvgIpc) is 2.54. The van der Waals surface area contributed by atoms with Gasteiger partial charge in [-0.3, -0.25) is 0 Å². The van der Waals surface area contributed by atoms with Gasteiger partial charge in [-0.25, -0.2) is 0 Å². The van der Waals surface area contributed by atoms with Gasteiger partial charge in [0.15, 0.2) is 20.7 Å². The number of fused-ring (bicyclic) bond motifs is 1. The average molecular weight is 349 g/mol. The second-order valence-corrected chi connectivity index (χ2v) is 12.8. The van der Waals surface area contributed by atoms with Crippen molar-refractivity contribution in [2.24, 2.45) is 0 Å². The summed E-state index contributed by atoms with van der Waals surface area (Å²) in [5.74, 6) is 0. The second-order valence-electron chi connectivity index (χ2n) is 8.02. The zero-order valence-corrected chi connectivity index (χ0v) is 16.2. The summed E-state index contributed by atoms with van der Waals surface area (Å²) >= 11 is 0. The molecule has 0 aliphatic carbocycles. The predicted molar refractivity (Wildman–Crippen MR) is 96.1 cm³/mol. The fourth-order valence-electron chi connectivity index (χ4n) is 2.69. The van der Waals surface area contributed by atoms with Crippen molar-refractivity contribution in [1.29, 1.82) is 0 Å². The highest BCUT2D eigenvalue weighted by Crippen LogP contribution is 2.40. The highest BCUT2D eigenvalue weighted by Gasteiger charge is 2.45. The van der Waals surface area contributed by atoms with Crippen LogP contribution >= 0.6 is 0 Å². The molecule has 0 amide bonds. The van der Waals surface area contributed by atoms with Gasteiger partial charge in [-0.1, -0.05) is 51.1 Å². The summed E-state index contributed by atoms with van der Waals surface area (Å²) in [4.78, 5) is 0. The van der Waals surface area contributed by atoms with Crippen LogP contribution in [-0.2, 0) is 18.6 Å². The Balaban J connectivity index is 1.76. The topological polar surface area (TPSA) is 36.9 Å². The van der Waals surface area contributed by atoms with Gasteiger partial charge in [0.05, 0.1) is 19.0 Å². The Morgan fingerprint density at radius 1 is 1.12 bits per heavy atom. The molecule has 132 valence electrons. The lowest BCUT2D eigenvalue weighted by Crippen LogP contribution is -2.54. The molecule has 2 aliphatic heterocycles. The number of hydrogen-bond acceptors (Lipinski definition) is 4. The smallest absolute Gasteiger partial charge is 0.193 e. The first-order valence-corrected chi connectivity index (χ1v) is 11.5. The zero-order chi connectivity index (χ0) is 17.4. The van der Waals surface area contributed by atoms with Crippen LogP contribution in [0.5, 0.6) is 0 Å². The summed E-state index contributed by atoms with van der Waals surface area (Å²) in [7, 11) is -1.90. The van der Waals surface area contributed by atoms with Gasteiger partial charge in [0.2, 0.25) is 0 Å². The molecule has 24 heavy (non-hydrogen) atoms. The number of rotatable bonds is 3. The lowest BCUT2D eigenvalue weighted by atomic mass is 10.0. The molecule has 4 atom stereocenters. The Kier molecular flexibility index (Phi) is 4.89. The van der Waals surface area contributed by atoms with Gasteiger partial charge in [-0.05, 0) is 24.2 Å². The maximum absolute atomic E-state index is 6.59. The van der Waals surface area contributed by atoms with Gasteiger partial charge in [-0.2, -0.15) is 0 Å². The molecule has 3 rings (SSSR count). The third-order valence-electron chi connectivity index (χ3n) is 5.21. The summed E-state index contributed by atoms with van der Waals surface area (Å²) in [6.07, 6.45) is 2.98. The molecule has 0 spiro atoms. The van der Waals surface area contributed by atoms with Crippen LogP contribution in [0.3, 0.4) is 0 Å². The standard InChI is InChI=1S/C19H28O4Si/c1-19(2,3)24(4,5)23-15-11-12-20-16-13-21-18(22-17(15)16)14-9-7-6-8-10-14/h6-12,15-18H,13H2,1-5H3/t15-,16-,17+,18?/m1/s1. The van der Waals surface area contributed by atoms with Crippen molar-refractivity contribution in [1.82, 2.24) is 0 Å². The van der Waals surface area contributed by atoms with E-state index in [-0.39, 0.29) is 29.6 Å². The molecule has 5 heteroatoms. The van der Waals surface area contributed by atoms with Gasteiger partial charge in [0.25, 0.3) is 0 Å². The fraction of sp³-hybridized carbons (Fsp3) is 0.579. The van der Waals surface area contributed by atoms with Crippen molar-refractivity contribution in [2.75, 3.05) is 6.61 Å². The second kappa shape index (κ2) is 6.63. The molecular weight excluding hydrogens is 320 g/mol. The molecule has 0 bridgehead atoms. The first kappa shape index (κ1) is 17.7. The molecule has 1 unspecified atom stereocenters. The first-order valence-electron chi connectivity index (χ1n) is 8.60. The Labute approximate surface area is 145 Å². The van der Waals surface area contributed by atoms with Crippen molar-refractivity contribution < 1.29 is 18.6 Å². The van der Waals surface area contributed by atoms with Crippen LogP contribution in [0.4, 0.5) is 0 Å². The normalized spacial score (nSPS) is 30.5. The molecule has 0 radical (unpaired) electrons. The van der Waals surface area contributed by atoms with Gasteiger partial charge >= 0.3 is 0 Å². The minimum absolute atomic E-state index is 0.0975. The van der Waals surface area contributed by atoms with E-state index >= 15 is 0 Å². The number of benzene rings is 1. The quantitative estimate of drug-likeness (QED) is 0.759. The summed E-state index contributed by atoms with van der Waals surface area (Å²) < 4.78 is 24.4. The molecule has 1 aromatic carbocycles. The molecule has 2 aliphatic rings. The number of ether oxygens (including phenoxy) is 3. The highest BCUT2D eigenvalue weighted by atomic mass is 28.4. The molecule has 4 nitrogen and oxygen atoms in total. The van der Waals surface area contributed by atoms with Crippen molar-refractivity contribution >= 4 is 8.32 Å². The molecule has 2 heterocycles. The Hall–Kier alpha value is -1.14. The lowest BCUT2D eigenvalue weighted by Gasteiger charge is -2.45. The van der Waals surface area contributed by atoms with Gasteiger partial charge in [0, 0.05) is 5.56 Å². The Morgan fingerprint density at radius 2 is 1.83 bits per heavy atom. The van der Waals surface area contributed by atoms with Crippen molar-refractivity contribution in [3.8, 4) is 0 Å². The maximum atomic E-state index is 6.59. The summed E-state index contributed by atoms with van der Waals surface area (Å²) in [6.45, 7) is 11.8. The van der Waals surface area contributed by atoms with Crippen LogP contribution < -0.4 is 0 Å². The van der Waals surface area contributed by atoms with Crippen molar-refractivity contribution in [3.05, 3.63) is 48.2 Å². The summed E-state index contributed by atoms with van der Waals surface area (Å²) in [5.41, 5.74) is 1.02. The van der Waals surface area contributed by atoms with E-state index in [1.165, 1.54) is 0 Å². The summed E-state index contributed by atoms with van der Waals surface area (Å²) in [6, 6.07) is 10.0. The summed E-state index contributed by atoms with van der Waals surface area (Å²) in [5, 5.41) is 0.151.